The third-order valence-corrected chi connectivity index (χ3v) is 2.16. The maximum atomic E-state index is 11.5. The number of hydrogen-bond donors (Lipinski definition) is 0. The number of fused-ring (bicyclic) bond motifs is 1. The first-order chi connectivity index (χ1) is 7.81. The Morgan fingerprint density at radius 2 is 2.06 bits per heavy atom. The standard InChI is InChI=1S/C13H12O3/c1-2-3-4-9-12-13(14)16-11-8-6-5-7-10(11)15-12/h2,4-9,12H,1,3H2. The molecule has 1 atom stereocenters. The fourth-order valence-electron chi connectivity index (χ4n) is 1.40. The highest BCUT2D eigenvalue weighted by atomic mass is 16.6. The Bertz CT molecular complexity index is 435. The zero-order valence-electron chi connectivity index (χ0n) is 8.76. The van der Waals surface area contributed by atoms with Gasteiger partial charge in [-0.1, -0.05) is 24.3 Å². The van der Waals surface area contributed by atoms with E-state index in [4.69, 9.17) is 9.47 Å². The first kappa shape index (κ1) is 10.5. The zero-order valence-corrected chi connectivity index (χ0v) is 8.76. The molecule has 2 rings (SSSR count). The van der Waals surface area contributed by atoms with Crippen LogP contribution in [-0.4, -0.2) is 12.1 Å². The van der Waals surface area contributed by atoms with Crippen molar-refractivity contribution in [1.29, 1.82) is 0 Å². The second-order valence-corrected chi connectivity index (χ2v) is 3.36. The molecule has 0 bridgehead atoms. The van der Waals surface area contributed by atoms with E-state index in [1.165, 1.54) is 0 Å². The normalized spacial score (nSPS) is 18.8. The molecule has 0 fully saturated rings. The lowest BCUT2D eigenvalue weighted by Gasteiger charge is -2.22. The summed E-state index contributed by atoms with van der Waals surface area (Å²) in [4.78, 5) is 11.5. The van der Waals surface area contributed by atoms with Gasteiger partial charge >= 0.3 is 5.97 Å². The Morgan fingerprint density at radius 1 is 1.31 bits per heavy atom. The summed E-state index contributed by atoms with van der Waals surface area (Å²) < 4.78 is 10.6. The monoisotopic (exact) mass is 216 g/mol. The van der Waals surface area contributed by atoms with Crippen LogP contribution in [0.4, 0.5) is 0 Å². The summed E-state index contributed by atoms with van der Waals surface area (Å²) in [5, 5.41) is 0. The number of para-hydroxylation sites is 2. The van der Waals surface area contributed by atoms with Crippen molar-refractivity contribution >= 4 is 5.97 Å². The van der Waals surface area contributed by atoms with E-state index in [9.17, 15) is 4.79 Å². The van der Waals surface area contributed by atoms with E-state index in [1.807, 2.05) is 12.1 Å². The predicted molar refractivity (Wildman–Crippen MR) is 60.4 cm³/mol. The van der Waals surface area contributed by atoms with Gasteiger partial charge in [0, 0.05) is 0 Å². The van der Waals surface area contributed by atoms with Gasteiger partial charge in [0.15, 0.2) is 11.5 Å². The van der Waals surface area contributed by atoms with Crippen LogP contribution in [0, 0.1) is 0 Å². The lowest BCUT2D eigenvalue weighted by atomic mass is 10.2. The number of benzene rings is 1. The highest BCUT2D eigenvalue weighted by Gasteiger charge is 2.27. The minimum Gasteiger partial charge on any atom is -0.471 e. The first-order valence-corrected chi connectivity index (χ1v) is 5.06. The molecule has 1 heterocycles. The van der Waals surface area contributed by atoms with Gasteiger partial charge < -0.3 is 9.47 Å². The second-order valence-electron chi connectivity index (χ2n) is 3.36. The van der Waals surface area contributed by atoms with Crippen LogP contribution in [0.1, 0.15) is 6.42 Å². The molecule has 0 aromatic heterocycles. The molecule has 1 unspecified atom stereocenters. The number of rotatable bonds is 3. The highest BCUT2D eigenvalue weighted by Crippen LogP contribution is 2.31. The molecule has 16 heavy (non-hydrogen) atoms. The smallest absolute Gasteiger partial charge is 0.356 e. The number of hydrogen-bond acceptors (Lipinski definition) is 3. The van der Waals surface area contributed by atoms with Crippen molar-refractivity contribution in [2.45, 2.75) is 12.5 Å². The topological polar surface area (TPSA) is 35.5 Å². The Kier molecular flexibility index (Phi) is 3.05. The molecule has 1 aromatic rings. The summed E-state index contributed by atoms with van der Waals surface area (Å²) in [7, 11) is 0. The molecule has 3 nitrogen and oxygen atoms in total. The summed E-state index contributed by atoms with van der Waals surface area (Å²) >= 11 is 0. The van der Waals surface area contributed by atoms with E-state index < -0.39 is 6.10 Å². The third-order valence-electron chi connectivity index (χ3n) is 2.16. The van der Waals surface area contributed by atoms with E-state index in [-0.39, 0.29) is 5.97 Å². The van der Waals surface area contributed by atoms with Crippen LogP contribution in [0.5, 0.6) is 11.5 Å². The van der Waals surface area contributed by atoms with Crippen LogP contribution < -0.4 is 9.47 Å². The molecule has 1 aliphatic heterocycles. The molecule has 1 aromatic carbocycles. The number of allylic oxidation sites excluding steroid dienone is 2. The van der Waals surface area contributed by atoms with E-state index >= 15 is 0 Å². The van der Waals surface area contributed by atoms with Crippen molar-refractivity contribution in [2.24, 2.45) is 0 Å². The molecule has 3 heteroatoms. The number of esters is 1. The van der Waals surface area contributed by atoms with E-state index in [1.54, 1.807) is 30.4 Å². The molecule has 1 aliphatic rings. The van der Waals surface area contributed by atoms with Crippen molar-refractivity contribution in [3.63, 3.8) is 0 Å². The Morgan fingerprint density at radius 3 is 2.81 bits per heavy atom. The molecule has 0 saturated heterocycles. The zero-order chi connectivity index (χ0) is 11.4. The van der Waals surface area contributed by atoms with E-state index in [0.29, 0.717) is 17.9 Å². The average molecular weight is 216 g/mol. The van der Waals surface area contributed by atoms with Gasteiger partial charge in [-0.3, -0.25) is 0 Å². The van der Waals surface area contributed by atoms with Crippen LogP contribution in [0.25, 0.3) is 0 Å². The fraction of sp³-hybridized carbons (Fsp3) is 0.154. The number of carbonyl (C=O) groups excluding carboxylic acids is 1. The molecule has 82 valence electrons. The minimum atomic E-state index is -0.658. The van der Waals surface area contributed by atoms with Gasteiger partial charge in [-0.25, -0.2) is 4.79 Å². The molecule has 0 aliphatic carbocycles. The first-order valence-electron chi connectivity index (χ1n) is 5.06. The average Bonchev–Trinajstić information content (AvgIpc) is 2.30. The van der Waals surface area contributed by atoms with Crippen molar-refractivity contribution < 1.29 is 14.3 Å². The number of carbonyl (C=O) groups is 1. The number of ether oxygens (including phenoxy) is 2. The summed E-state index contributed by atoms with van der Waals surface area (Å²) in [5.74, 6) is 0.676. The van der Waals surface area contributed by atoms with Crippen molar-refractivity contribution in [3.8, 4) is 11.5 Å². The fourth-order valence-corrected chi connectivity index (χ4v) is 1.40. The molecular weight excluding hydrogens is 204 g/mol. The van der Waals surface area contributed by atoms with Crippen molar-refractivity contribution in [1.82, 2.24) is 0 Å². The molecule has 0 N–H and O–H groups in total. The summed E-state index contributed by atoms with van der Waals surface area (Å²) in [6.07, 6.45) is 5.30. The van der Waals surface area contributed by atoms with Gasteiger partial charge in [0.2, 0.25) is 6.10 Å². The van der Waals surface area contributed by atoms with Gasteiger partial charge in [0.05, 0.1) is 0 Å². The minimum absolute atomic E-state index is 0.390. The van der Waals surface area contributed by atoms with Crippen LogP contribution in [0.15, 0.2) is 49.1 Å². The van der Waals surface area contributed by atoms with Crippen LogP contribution >= 0.6 is 0 Å². The summed E-state index contributed by atoms with van der Waals surface area (Å²) in [5.41, 5.74) is 0. The van der Waals surface area contributed by atoms with Crippen LogP contribution in [0.2, 0.25) is 0 Å². The van der Waals surface area contributed by atoms with Gasteiger partial charge in [-0.15, -0.1) is 6.58 Å². The van der Waals surface area contributed by atoms with Gasteiger partial charge in [-0.2, -0.15) is 0 Å². The Balaban J connectivity index is 2.15. The van der Waals surface area contributed by atoms with Crippen LogP contribution in [0.3, 0.4) is 0 Å². The van der Waals surface area contributed by atoms with Crippen LogP contribution in [-0.2, 0) is 4.79 Å². The maximum Gasteiger partial charge on any atom is 0.356 e. The lowest BCUT2D eigenvalue weighted by molar-refractivity contribution is -0.142. The van der Waals surface area contributed by atoms with Gasteiger partial charge in [0.1, 0.15) is 0 Å². The lowest BCUT2D eigenvalue weighted by Crippen LogP contribution is -2.33. The Hall–Kier alpha value is -2.03. The van der Waals surface area contributed by atoms with E-state index in [0.717, 1.165) is 0 Å². The van der Waals surface area contributed by atoms with Crippen molar-refractivity contribution in [3.05, 3.63) is 49.1 Å². The summed E-state index contributed by atoms with van der Waals surface area (Å²) in [6, 6.07) is 7.11. The Labute approximate surface area is 94.0 Å². The second kappa shape index (κ2) is 4.66. The van der Waals surface area contributed by atoms with Gasteiger partial charge in [0.25, 0.3) is 0 Å². The summed E-state index contributed by atoms with van der Waals surface area (Å²) in [6.45, 7) is 3.59. The molecule has 0 spiro atoms. The molecular formula is C13H12O3. The highest BCUT2D eigenvalue weighted by molar-refractivity contribution is 5.82. The maximum absolute atomic E-state index is 11.5. The third kappa shape index (κ3) is 2.14. The largest absolute Gasteiger partial charge is 0.471 e. The van der Waals surface area contributed by atoms with E-state index in [2.05, 4.69) is 6.58 Å². The molecule has 0 amide bonds. The quantitative estimate of drug-likeness (QED) is 0.442. The molecule has 0 radical (unpaired) electrons. The van der Waals surface area contributed by atoms with Crippen molar-refractivity contribution in [2.75, 3.05) is 0 Å². The predicted octanol–water partition coefficient (Wildman–Crippen LogP) is 2.49. The van der Waals surface area contributed by atoms with Gasteiger partial charge in [-0.05, 0) is 24.6 Å². The molecule has 0 saturated carbocycles. The SMILES string of the molecule is C=CCC=CC1Oc2ccccc2OC1=O.